The number of aromatic hydroxyl groups is 1. The summed E-state index contributed by atoms with van der Waals surface area (Å²) < 4.78 is 0. The van der Waals surface area contributed by atoms with E-state index in [-0.39, 0.29) is 52.4 Å². The normalized spacial score (nSPS) is 22.2. The summed E-state index contributed by atoms with van der Waals surface area (Å²) in [7, 11) is 3.86. The van der Waals surface area contributed by atoms with Crippen molar-refractivity contribution in [1.29, 1.82) is 0 Å². The Morgan fingerprint density at radius 3 is 2.42 bits per heavy atom. The number of rotatable bonds is 5. The van der Waals surface area contributed by atoms with E-state index in [1.165, 1.54) is 6.92 Å². The summed E-state index contributed by atoms with van der Waals surface area (Å²) in [5, 5.41) is 25.5. The third kappa shape index (κ3) is 3.48. The molecule has 0 amide bonds. The van der Waals surface area contributed by atoms with E-state index >= 15 is 0 Å². The maximum Gasteiger partial charge on any atom is 0.198 e. The molecule has 31 heavy (non-hydrogen) atoms. The number of fused-ring (bicyclic) bond motifs is 3. The highest BCUT2D eigenvalue weighted by molar-refractivity contribution is 6.29. The number of benzene rings is 2. The van der Waals surface area contributed by atoms with Crippen LogP contribution in [0.5, 0.6) is 5.75 Å². The molecule has 7 nitrogen and oxygen atoms in total. The lowest BCUT2D eigenvalue weighted by Crippen LogP contribution is -2.47. The van der Waals surface area contributed by atoms with E-state index in [2.05, 4.69) is 5.32 Å². The highest BCUT2D eigenvalue weighted by atomic mass is 16.3. The molecule has 0 heterocycles. The van der Waals surface area contributed by atoms with E-state index in [4.69, 9.17) is 0 Å². The number of phenols is 1. The first-order chi connectivity index (χ1) is 14.6. The number of hydrogen-bond acceptors (Lipinski definition) is 7. The van der Waals surface area contributed by atoms with Crippen LogP contribution in [-0.2, 0) is 11.2 Å². The Morgan fingerprint density at radius 1 is 1.16 bits per heavy atom. The van der Waals surface area contributed by atoms with Gasteiger partial charge in [-0.3, -0.25) is 14.4 Å². The first kappa shape index (κ1) is 21.4. The van der Waals surface area contributed by atoms with Gasteiger partial charge in [0.05, 0.1) is 5.56 Å². The fourth-order valence-corrected chi connectivity index (χ4v) is 4.57. The van der Waals surface area contributed by atoms with E-state index in [1.807, 2.05) is 19.0 Å². The van der Waals surface area contributed by atoms with Gasteiger partial charge in [-0.05, 0) is 32.6 Å². The maximum absolute atomic E-state index is 13.2. The number of Topliss-reactive ketones (excluding diaryl/α,β-unsaturated/α-hetero) is 1. The molecular weight excluding hydrogens is 396 g/mol. The number of hydrogen-bond donors (Lipinski definition) is 3. The molecule has 0 spiro atoms. The van der Waals surface area contributed by atoms with Crippen LogP contribution in [-0.4, -0.2) is 65.2 Å². The summed E-state index contributed by atoms with van der Waals surface area (Å²) in [6.45, 7) is 2.60. The molecule has 0 radical (unpaired) electrons. The first-order valence-corrected chi connectivity index (χ1v) is 10.3. The van der Waals surface area contributed by atoms with Crippen molar-refractivity contribution >= 4 is 17.3 Å². The van der Waals surface area contributed by atoms with Crippen molar-refractivity contribution in [3.63, 3.8) is 0 Å². The van der Waals surface area contributed by atoms with Crippen LogP contribution in [0.25, 0.3) is 0 Å². The second-order valence-electron chi connectivity index (χ2n) is 8.70. The summed E-state index contributed by atoms with van der Waals surface area (Å²) >= 11 is 0. The van der Waals surface area contributed by atoms with E-state index in [1.54, 1.807) is 30.3 Å². The number of ketones is 3. The summed E-state index contributed by atoms with van der Waals surface area (Å²) in [5.41, 5.74) is 0.0336. The van der Waals surface area contributed by atoms with Gasteiger partial charge >= 0.3 is 0 Å². The monoisotopic (exact) mass is 422 g/mol. The molecule has 0 aromatic heterocycles. The molecule has 3 N–H and O–H groups in total. The van der Waals surface area contributed by atoms with Gasteiger partial charge in [-0.1, -0.05) is 24.3 Å². The van der Waals surface area contributed by atoms with Crippen LogP contribution in [0.1, 0.15) is 62.4 Å². The van der Waals surface area contributed by atoms with E-state index in [0.717, 1.165) is 0 Å². The Balaban J connectivity index is 1.86. The van der Waals surface area contributed by atoms with Gasteiger partial charge in [0.2, 0.25) is 0 Å². The van der Waals surface area contributed by atoms with Crippen LogP contribution in [0.3, 0.4) is 0 Å². The van der Waals surface area contributed by atoms with Gasteiger partial charge in [-0.25, -0.2) is 0 Å². The van der Waals surface area contributed by atoms with Crippen LogP contribution >= 0.6 is 0 Å². The average Bonchev–Trinajstić information content (AvgIpc) is 2.71. The van der Waals surface area contributed by atoms with Crippen molar-refractivity contribution in [1.82, 2.24) is 10.2 Å². The number of aliphatic hydroxyl groups is 1. The maximum atomic E-state index is 13.2. The quantitative estimate of drug-likeness (QED) is 0.574. The zero-order chi connectivity index (χ0) is 22.5. The second-order valence-corrected chi connectivity index (χ2v) is 8.70. The zero-order valence-electron chi connectivity index (χ0n) is 17.9. The molecular formula is C24H26N2O5. The Kier molecular flexibility index (Phi) is 5.29. The van der Waals surface area contributed by atoms with E-state index in [9.17, 15) is 24.6 Å². The number of phenolic OH excluding ortho intramolecular Hbond substituents is 1. The summed E-state index contributed by atoms with van der Waals surface area (Å²) in [4.78, 5) is 40.5. The van der Waals surface area contributed by atoms with Gasteiger partial charge in [-0.15, -0.1) is 0 Å². The Labute approximate surface area is 180 Å². The molecule has 2 aromatic rings. The number of carbonyl (C=O) groups is 3. The van der Waals surface area contributed by atoms with Crippen LogP contribution in [0, 0.1) is 0 Å². The van der Waals surface area contributed by atoms with Crippen molar-refractivity contribution in [2.45, 2.75) is 31.4 Å². The molecule has 0 fully saturated rings. The summed E-state index contributed by atoms with van der Waals surface area (Å²) in [6, 6.07) is 7.57. The highest BCUT2D eigenvalue weighted by Crippen LogP contribution is 2.45. The minimum Gasteiger partial charge on any atom is -0.507 e. The molecule has 2 aliphatic rings. The minimum atomic E-state index is -1.61. The van der Waals surface area contributed by atoms with E-state index in [0.29, 0.717) is 24.2 Å². The lowest BCUT2D eigenvalue weighted by molar-refractivity contribution is -0.137. The fraction of sp³-hybridized carbons (Fsp3) is 0.375. The van der Waals surface area contributed by atoms with Crippen molar-refractivity contribution in [3.8, 4) is 5.75 Å². The molecule has 2 atom stereocenters. The molecule has 7 heteroatoms. The third-order valence-corrected chi connectivity index (χ3v) is 6.29. The molecule has 2 unspecified atom stereocenters. The molecule has 0 saturated heterocycles. The van der Waals surface area contributed by atoms with E-state index < -0.39 is 17.4 Å². The first-order valence-electron chi connectivity index (χ1n) is 10.3. The minimum absolute atomic E-state index is 0.00451. The molecule has 2 aliphatic carbocycles. The summed E-state index contributed by atoms with van der Waals surface area (Å²) in [6.07, 6.45) is 0.0569. The Bertz CT molecular complexity index is 1110. The van der Waals surface area contributed by atoms with Crippen molar-refractivity contribution in [3.05, 3.63) is 63.7 Å². The van der Waals surface area contributed by atoms with Crippen LogP contribution in [0.2, 0.25) is 0 Å². The predicted molar refractivity (Wildman–Crippen MR) is 115 cm³/mol. The summed E-state index contributed by atoms with van der Waals surface area (Å²) in [5.74, 6) is -1.36. The average molecular weight is 422 g/mol. The zero-order valence-corrected chi connectivity index (χ0v) is 17.9. The highest BCUT2D eigenvalue weighted by Gasteiger charge is 2.44. The standard InChI is InChI=1S/C24H26N2O5/c1-13(27)24(31)11-14-10-17-20(22(29)16-7-5-4-6-15(16)21(17)28)23(30)19(14)18(12-24)25-8-9-26(2)3/h4-7,10,18,25,30-31H,8-9,11-12H2,1-3H3. The number of likely N-dealkylation sites (N-methyl/N-ethyl adjacent to an activating group) is 1. The van der Waals surface area contributed by atoms with Gasteiger partial charge in [0.15, 0.2) is 17.3 Å². The van der Waals surface area contributed by atoms with Crippen molar-refractivity contribution in [2.24, 2.45) is 0 Å². The molecule has 2 aromatic carbocycles. The van der Waals surface area contributed by atoms with Gasteiger partial charge in [-0.2, -0.15) is 0 Å². The fourth-order valence-electron chi connectivity index (χ4n) is 4.57. The van der Waals surface area contributed by atoms with Gasteiger partial charge < -0.3 is 20.4 Å². The lowest BCUT2D eigenvalue weighted by atomic mass is 9.72. The van der Waals surface area contributed by atoms with Crippen LogP contribution in [0.4, 0.5) is 0 Å². The smallest absolute Gasteiger partial charge is 0.198 e. The van der Waals surface area contributed by atoms with Gasteiger partial charge in [0, 0.05) is 54.2 Å². The lowest BCUT2D eigenvalue weighted by Gasteiger charge is -2.38. The third-order valence-electron chi connectivity index (χ3n) is 6.29. The molecule has 162 valence electrons. The number of carbonyl (C=O) groups excluding carboxylic acids is 3. The van der Waals surface area contributed by atoms with Gasteiger partial charge in [0.25, 0.3) is 0 Å². The SMILES string of the molecule is CC(=O)C1(O)Cc2cc3c(c(O)c2C(NCCN(C)C)C1)C(=O)c1ccccc1C3=O. The molecule has 0 aliphatic heterocycles. The number of nitrogens with zero attached hydrogens (tertiary/aromatic N) is 1. The molecule has 4 rings (SSSR count). The Hall–Kier alpha value is -2.87. The molecule has 0 bridgehead atoms. The van der Waals surface area contributed by atoms with Crippen LogP contribution in [0.15, 0.2) is 30.3 Å². The van der Waals surface area contributed by atoms with Crippen LogP contribution < -0.4 is 5.32 Å². The Morgan fingerprint density at radius 2 is 1.81 bits per heavy atom. The van der Waals surface area contributed by atoms with Crippen molar-refractivity contribution < 1.29 is 24.6 Å². The van der Waals surface area contributed by atoms with Gasteiger partial charge in [0.1, 0.15) is 11.4 Å². The van der Waals surface area contributed by atoms with Crippen molar-refractivity contribution in [2.75, 3.05) is 27.2 Å². The second kappa shape index (κ2) is 7.67. The molecule has 0 saturated carbocycles. The predicted octanol–water partition coefficient (Wildman–Crippen LogP) is 1.63. The topological polar surface area (TPSA) is 107 Å². The largest absolute Gasteiger partial charge is 0.507 e. The number of nitrogens with one attached hydrogen (secondary N) is 1.